The number of benzene rings is 2. The molecule has 0 aliphatic carbocycles. The van der Waals surface area contributed by atoms with Crippen molar-refractivity contribution < 1.29 is 9.18 Å². The summed E-state index contributed by atoms with van der Waals surface area (Å²) in [6.45, 7) is 3.53. The molecule has 29 heavy (non-hydrogen) atoms. The van der Waals surface area contributed by atoms with E-state index in [2.05, 4.69) is 0 Å². The standard InChI is InChI=1S/C22H22Cl2FN3O/c1-2-19(22(29)27-9-5-6-10-27)28-20-13-16(24)15(23)12-18(20)26-21(28)11-14-7-3-4-8-17(14)25/h3-4,7-8,12-13,19H,2,5-6,9-11H2,1H3/t19-/m1/s1. The zero-order valence-electron chi connectivity index (χ0n) is 16.2. The summed E-state index contributed by atoms with van der Waals surface area (Å²) in [6.07, 6.45) is 2.93. The Bertz CT molecular complexity index is 1060. The predicted molar refractivity (Wildman–Crippen MR) is 114 cm³/mol. The van der Waals surface area contributed by atoms with Gasteiger partial charge < -0.3 is 9.47 Å². The van der Waals surface area contributed by atoms with Crippen LogP contribution in [-0.4, -0.2) is 33.4 Å². The van der Waals surface area contributed by atoms with E-state index in [0.717, 1.165) is 31.4 Å². The number of halogens is 3. The van der Waals surface area contributed by atoms with Gasteiger partial charge in [0.25, 0.3) is 0 Å². The Balaban J connectivity index is 1.85. The monoisotopic (exact) mass is 433 g/mol. The van der Waals surface area contributed by atoms with Crippen LogP contribution in [0.4, 0.5) is 4.39 Å². The lowest BCUT2D eigenvalue weighted by atomic mass is 10.1. The summed E-state index contributed by atoms with van der Waals surface area (Å²) in [4.78, 5) is 19.9. The quantitative estimate of drug-likeness (QED) is 0.521. The second-order valence-electron chi connectivity index (χ2n) is 7.38. The third-order valence-corrected chi connectivity index (χ3v) is 6.23. The van der Waals surface area contributed by atoms with Gasteiger partial charge in [-0.1, -0.05) is 48.3 Å². The lowest BCUT2D eigenvalue weighted by Crippen LogP contribution is -2.35. The van der Waals surface area contributed by atoms with Crippen LogP contribution in [-0.2, 0) is 11.2 Å². The van der Waals surface area contributed by atoms with Gasteiger partial charge in [-0.05, 0) is 43.0 Å². The Morgan fingerprint density at radius 3 is 2.55 bits per heavy atom. The fourth-order valence-electron chi connectivity index (χ4n) is 4.04. The van der Waals surface area contributed by atoms with Crippen molar-refractivity contribution in [3.8, 4) is 0 Å². The van der Waals surface area contributed by atoms with Crippen molar-refractivity contribution in [1.29, 1.82) is 0 Å². The molecule has 0 N–H and O–H groups in total. The number of nitrogens with zero attached hydrogens (tertiary/aromatic N) is 3. The Labute approximate surface area is 179 Å². The summed E-state index contributed by atoms with van der Waals surface area (Å²) in [5.74, 6) is 0.411. The first kappa shape index (κ1) is 20.2. The van der Waals surface area contributed by atoms with E-state index in [0.29, 0.717) is 33.4 Å². The Morgan fingerprint density at radius 1 is 1.17 bits per heavy atom. The van der Waals surface area contributed by atoms with Crippen molar-refractivity contribution in [2.45, 2.75) is 38.6 Å². The molecule has 2 heterocycles. The molecule has 1 saturated heterocycles. The average Bonchev–Trinajstić information content (AvgIpc) is 3.34. The van der Waals surface area contributed by atoms with Gasteiger partial charge in [0.2, 0.25) is 5.91 Å². The second kappa shape index (κ2) is 8.33. The molecule has 1 fully saturated rings. The molecule has 2 aromatic carbocycles. The van der Waals surface area contributed by atoms with E-state index in [-0.39, 0.29) is 18.1 Å². The number of carbonyl (C=O) groups excluding carboxylic acids is 1. The molecule has 0 radical (unpaired) electrons. The number of hydrogen-bond donors (Lipinski definition) is 0. The maximum absolute atomic E-state index is 14.3. The van der Waals surface area contributed by atoms with Crippen LogP contribution in [0.15, 0.2) is 36.4 Å². The molecule has 4 rings (SSSR count). The third kappa shape index (κ3) is 3.86. The number of likely N-dealkylation sites (tertiary alicyclic amines) is 1. The van der Waals surface area contributed by atoms with Gasteiger partial charge >= 0.3 is 0 Å². The number of aromatic nitrogens is 2. The van der Waals surface area contributed by atoms with Crippen LogP contribution in [0.5, 0.6) is 0 Å². The zero-order chi connectivity index (χ0) is 20.5. The predicted octanol–water partition coefficient (Wildman–Crippen LogP) is 5.65. The molecular formula is C22H22Cl2FN3O. The van der Waals surface area contributed by atoms with Crippen molar-refractivity contribution in [2.75, 3.05) is 13.1 Å². The van der Waals surface area contributed by atoms with Gasteiger partial charge in [0, 0.05) is 19.5 Å². The lowest BCUT2D eigenvalue weighted by molar-refractivity contribution is -0.133. The van der Waals surface area contributed by atoms with E-state index >= 15 is 0 Å². The molecule has 1 aliphatic rings. The highest BCUT2D eigenvalue weighted by Crippen LogP contribution is 2.33. The SMILES string of the molecule is CC[C@H](C(=O)N1CCCC1)n1c(Cc2ccccc2F)nc2cc(Cl)c(Cl)cc21. The number of hydrogen-bond acceptors (Lipinski definition) is 2. The largest absolute Gasteiger partial charge is 0.341 e. The van der Waals surface area contributed by atoms with Crippen LogP contribution in [0.1, 0.15) is 43.6 Å². The summed E-state index contributed by atoms with van der Waals surface area (Å²) >= 11 is 12.5. The minimum atomic E-state index is -0.419. The molecule has 1 amide bonds. The zero-order valence-corrected chi connectivity index (χ0v) is 17.7. The minimum absolute atomic E-state index is 0.0742. The van der Waals surface area contributed by atoms with Crippen LogP contribution in [0.3, 0.4) is 0 Å². The molecule has 0 unspecified atom stereocenters. The minimum Gasteiger partial charge on any atom is -0.341 e. The highest BCUT2D eigenvalue weighted by atomic mass is 35.5. The van der Waals surface area contributed by atoms with Gasteiger partial charge in [-0.25, -0.2) is 9.37 Å². The smallest absolute Gasteiger partial charge is 0.245 e. The molecule has 152 valence electrons. The van der Waals surface area contributed by atoms with E-state index in [1.54, 1.807) is 30.3 Å². The third-order valence-electron chi connectivity index (χ3n) is 5.51. The van der Waals surface area contributed by atoms with Crippen molar-refractivity contribution in [1.82, 2.24) is 14.5 Å². The van der Waals surface area contributed by atoms with E-state index in [9.17, 15) is 9.18 Å². The molecule has 1 atom stereocenters. The van der Waals surface area contributed by atoms with E-state index < -0.39 is 6.04 Å². The summed E-state index contributed by atoms with van der Waals surface area (Å²) in [5, 5.41) is 0.807. The molecule has 3 aromatic rings. The van der Waals surface area contributed by atoms with Gasteiger partial charge in [-0.2, -0.15) is 0 Å². The van der Waals surface area contributed by atoms with Crippen LogP contribution < -0.4 is 0 Å². The molecule has 0 spiro atoms. The number of imidazole rings is 1. The number of rotatable bonds is 5. The van der Waals surface area contributed by atoms with Crippen molar-refractivity contribution in [3.05, 3.63) is 63.6 Å². The van der Waals surface area contributed by atoms with Gasteiger partial charge in [0.05, 0.1) is 21.1 Å². The highest BCUT2D eigenvalue weighted by molar-refractivity contribution is 6.42. The topological polar surface area (TPSA) is 38.1 Å². The first-order valence-electron chi connectivity index (χ1n) is 9.87. The highest BCUT2D eigenvalue weighted by Gasteiger charge is 2.30. The molecule has 0 bridgehead atoms. The normalized spacial score (nSPS) is 15.2. The Morgan fingerprint density at radius 2 is 1.86 bits per heavy atom. The molecular weight excluding hydrogens is 412 g/mol. The lowest BCUT2D eigenvalue weighted by Gasteiger charge is -2.25. The fraction of sp³-hybridized carbons (Fsp3) is 0.364. The Hall–Kier alpha value is -2.11. The fourth-order valence-corrected chi connectivity index (χ4v) is 4.36. The maximum atomic E-state index is 14.3. The maximum Gasteiger partial charge on any atom is 0.245 e. The van der Waals surface area contributed by atoms with E-state index in [1.165, 1.54) is 6.07 Å². The van der Waals surface area contributed by atoms with Crippen LogP contribution in [0, 0.1) is 5.82 Å². The van der Waals surface area contributed by atoms with E-state index in [4.69, 9.17) is 28.2 Å². The summed E-state index contributed by atoms with van der Waals surface area (Å²) in [7, 11) is 0. The van der Waals surface area contributed by atoms with Gasteiger partial charge in [-0.3, -0.25) is 4.79 Å². The average molecular weight is 434 g/mol. The molecule has 7 heteroatoms. The second-order valence-corrected chi connectivity index (χ2v) is 8.19. The number of amides is 1. The summed E-state index contributed by atoms with van der Waals surface area (Å²) < 4.78 is 16.2. The molecule has 1 aliphatic heterocycles. The molecule has 4 nitrogen and oxygen atoms in total. The van der Waals surface area contributed by atoms with E-state index in [1.807, 2.05) is 16.4 Å². The Kier molecular flexibility index (Phi) is 5.79. The first-order chi connectivity index (χ1) is 14.0. The number of fused-ring (bicyclic) bond motifs is 1. The first-order valence-corrected chi connectivity index (χ1v) is 10.6. The van der Waals surface area contributed by atoms with Crippen LogP contribution in [0.2, 0.25) is 10.0 Å². The van der Waals surface area contributed by atoms with Gasteiger partial charge in [-0.15, -0.1) is 0 Å². The van der Waals surface area contributed by atoms with Gasteiger partial charge in [0.1, 0.15) is 17.7 Å². The summed E-state index contributed by atoms with van der Waals surface area (Å²) in [6, 6.07) is 9.66. The van der Waals surface area contributed by atoms with Crippen LogP contribution in [0.25, 0.3) is 11.0 Å². The van der Waals surface area contributed by atoms with Crippen molar-refractivity contribution in [3.63, 3.8) is 0 Å². The van der Waals surface area contributed by atoms with Crippen molar-refractivity contribution >= 4 is 40.1 Å². The van der Waals surface area contributed by atoms with Crippen molar-refractivity contribution in [2.24, 2.45) is 0 Å². The molecule has 1 aromatic heterocycles. The summed E-state index contributed by atoms with van der Waals surface area (Å²) in [5.41, 5.74) is 1.92. The number of carbonyl (C=O) groups is 1. The molecule has 0 saturated carbocycles. The van der Waals surface area contributed by atoms with Gasteiger partial charge in [0.15, 0.2) is 0 Å². The van der Waals surface area contributed by atoms with Crippen LogP contribution >= 0.6 is 23.2 Å².